The molecule has 8 heteroatoms. The van der Waals surface area contributed by atoms with Crippen LogP contribution in [0.1, 0.15) is 5.69 Å². The molecule has 0 bridgehead atoms. The fourth-order valence-corrected chi connectivity index (χ4v) is 4.58. The summed E-state index contributed by atoms with van der Waals surface area (Å²) in [5.41, 5.74) is 2.66. The summed E-state index contributed by atoms with van der Waals surface area (Å²) in [5.74, 6) is 1.39. The highest BCUT2D eigenvalue weighted by molar-refractivity contribution is 9.10. The van der Waals surface area contributed by atoms with Crippen LogP contribution in [-0.2, 0) is 0 Å². The maximum Gasteiger partial charge on any atom is 0.282 e. The lowest BCUT2D eigenvalue weighted by Crippen LogP contribution is -2.20. The molecule has 36 heavy (non-hydrogen) atoms. The van der Waals surface area contributed by atoms with E-state index < -0.39 is 0 Å². The first-order valence-electron chi connectivity index (χ1n) is 11.2. The van der Waals surface area contributed by atoms with Crippen molar-refractivity contribution in [3.63, 3.8) is 0 Å². The predicted octanol–water partition coefficient (Wildman–Crippen LogP) is 6.25. The van der Waals surface area contributed by atoms with E-state index in [9.17, 15) is 4.79 Å². The number of benzene rings is 3. The number of rotatable bonds is 5. The van der Waals surface area contributed by atoms with Crippen molar-refractivity contribution in [3.8, 4) is 23.0 Å². The van der Waals surface area contributed by atoms with E-state index in [1.807, 2.05) is 83.6 Å². The van der Waals surface area contributed by atoms with E-state index in [1.165, 1.54) is 4.68 Å². The Kier molecular flexibility index (Phi) is 5.50. The number of methoxy groups -OCH3 is 1. The molecule has 3 aromatic carbocycles. The van der Waals surface area contributed by atoms with Gasteiger partial charge in [0.2, 0.25) is 5.82 Å². The van der Waals surface area contributed by atoms with Gasteiger partial charge >= 0.3 is 0 Å². The lowest BCUT2D eigenvalue weighted by Gasteiger charge is -2.09. The van der Waals surface area contributed by atoms with E-state index >= 15 is 0 Å². The van der Waals surface area contributed by atoms with Crippen LogP contribution in [0.25, 0.3) is 39.1 Å². The minimum atomic E-state index is -0.292. The average molecular weight is 539 g/mol. The summed E-state index contributed by atoms with van der Waals surface area (Å²) in [5, 5.41) is 5.84. The Labute approximate surface area is 214 Å². The number of para-hydroxylation sites is 1. The third-order valence-electron chi connectivity index (χ3n) is 5.89. The standard InChI is InChI=1S/C28H19BrN4O3/c1-35-24-12-5-13-25-22(24)16-26(36-25)27-31-23-11-3-2-10-21(23)28(34)33(27)30-17-20-9-6-14-32(20)19-8-4-7-18(29)15-19/h2-17H,1H3. The van der Waals surface area contributed by atoms with Crippen LogP contribution in [0.2, 0.25) is 0 Å². The molecule has 7 nitrogen and oxygen atoms in total. The van der Waals surface area contributed by atoms with Crippen molar-refractivity contribution in [1.29, 1.82) is 0 Å². The van der Waals surface area contributed by atoms with Crippen LogP contribution in [0.15, 0.2) is 110 Å². The second-order valence-corrected chi connectivity index (χ2v) is 9.00. The molecule has 3 heterocycles. The van der Waals surface area contributed by atoms with Crippen molar-refractivity contribution in [3.05, 3.63) is 112 Å². The van der Waals surface area contributed by atoms with Gasteiger partial charge in [0.25, 0.3) is 5.56 Å². The van der Waals surface area contributed by atoms with Gasteiger partial charge in [-0.05, 0) is 60.7 Å². The van der Waals surface area contributed by atoms with Crippen molar-refractivity contribution >= 4 is 44.0 Å². The van der Waals surface area contributed by atoms with Crippen LogP contribution in [0.4, 0.5) is 0 Å². The fraction of sp³-hybridized carbons (Fsp3) is 0.0357. The normalized spacial score (nSPS) is 11.6. The number of nitrogens with zero attached hydrogens (tertiary/aromatic N) is 4. The molecule has 0 amide bonds. The topological polar surface area (TPSA) is 74.6 Å². The van der Waals surface area contributed by atoms with Crippen molar-refractivity contribution in [2.45, 2.75) is 0 Å². The third kappa shape index (κ3) is 3.81. The van der Waals surface area contributed by atoms with Crippen LogP contribution >= 0.6 is 15.9 Å². The Morgan fingerprint density at radius 1 is 0.972 bits per heavy atom. The molecule has 176 valence electrons. The third-order valence-corrected chi connectivity index (χ3v) is 6.38. The van der Waals surface area contributed by atoms with E-state index in [0.29, 0.717) is 33.8 Å². The largest absolute Gasteiger partial charge is 0.496 e. The number of halogens is 1. The van der Waals surface area contributed by atoms with Crippen LogP contribution in [0.3, 0.4) is 0 Å². The molecule has 0 N–H and O–H groups in total. The molecule has 0 saturated heterocycles. The van der Waals surface area contributed by atoms with Gasteiger partial charge in [-0.3, -0.25) is 4.79 Å². The molecule has 0 spiro atoms. The monoisotopic (exact) mass is 538 g/mol. The minimum Gasteiger partial charge on any atom is -0.496 e. The van der Waals surface area contributed by atoms with Crippen molar-refractivity contribution in [2.24, 2.45) is 5.10 Å². The molecule has 6 aromatic rings. The maximum absolute atomic E-state index is 13.5. The SMILES string of the molecule is COc1cccc2oc(-c3nc4ccccc4c(=O)n3N=Cc3cccn3-c3cccc(Br)c3)cc12. The second-order valence-electron chi connectivity index (χ2n) is 8.08. The molecule has 0 atom stereocenters. The molecular formula is C28H19BrN4O3. The first-order valence-corrected chi connectivity index (χ1v) is 12.0. The smallest absolute Gasteiger partial charge is 0.282 e. The molecular weight excluding hydrogens is 520 g/mol. The molecule has 0 saturated carbocycles. The Hall–Kier alpha value is -4.43. The first kappa shape index (κ1) is 22.1. The van der Waals surface area contributed by atoms with E-state index in [0.717, 1.165) is 21.2 Å². The second kappa shape index (κ2) is 8.98. The Bertz CT molecular complexity index is 1830. The number of aromatic nitrogens is 3. The van der Waals surface area contributed by atoms with Crippen LogP contribution in [0.5, 0.6) is 5.75 Å². The fourth-order valence-electron chi connectivity index (χ4n) is 4.19. The summed E-state index contributed by atoms with van der Waals surface area (Å²) in [4.78, 5) is 18.3. The summed E-state index contributed by atoms with van der Waals surface area (Å²) in [7, 11) is 1.61. The molecule has 0 aliphatic carbocycles. The van der Waals surface area contributed by atoms with Crippen LogP contribution < -0.4 is 10.3 Å². The van der Waals surface area contributed by atoms with E-state index in [-0.39, 0.29) is 5.56 Å². The summed E-state index contributed by atoms with van der Waals surface area (Å²) < 4.78 is 15.8. The van der Waals surface area contributed by atoms with Gasteiger partial charge in [-0.25, -0.2) is 4.98 Å². The zero-order chi connectivity index (χ0) is 24.6. The predicted molar refractivity (Wildman–Crippen MR) is 144 cm³/mol. The Balaban J connectivity index is 1.53. The highest BCUT2D eigenvalue weighted by atomic mass is 79.9. The van der Waals surface area contributed by atoms with Gasteiger partial charge in [-0.1, -0.05) is 40.2 Å². The molecule has 0 aliphatic heterocycles. The number of fused-ring (bicyclic) bond motifs is 2. The number of furan rings is 1. The number of hydrogen-bond acceptors (Lipinski definition) is 5. The highest BCUT2D eigenvalue weighted by Gasteiger charge is 2.18. The van der Waals surface area contributed by atoms with Crippen LogP contribution in [-0.4, -0.2) is 27.6 Å². The van der Waals surface area contributed by atoms with Gasteiger partial charge in [0.1, 0.15) is 11.3 Å². The van der Waals surface area contributed by atoms with Gasteiger partial charge in [0.15, 0.2) is 5.76 Å². The van der Waals surface area contributed by atoms with E-state index in [2.05, 4.69) is 21.0 Å². The summed E-state index contributed by atoms with van der Waals surface area (Å²) >= 11 is 3.52. The Morgan fingerprint density at radius 3 is 2.69 bits per heavy atom. The molecule has 0 fully saturated rings. The van der Waals surface area contributed by atoms with Gasteiger partial charge in [-0.15, -0.1) is 0 Å². The van der Waals surface area contributed by atoms with E-state index in [1.54, 1.807) is 25.5 Å². The van der Waals surface area contributed by atoms with Gasteiger partial charge in [-0.2, -0.15) is 9.78 Å². The zero-order valence-electron chi connectivity index (χ0n) is 19.1. The van der Waals surface area contributed by atoms with Gasteiger partial charge < -0.3 is 13.7 Å². The van der Waals surface area contributed by atoms with Crippen molar-refractivity contribution < 1.29 is 9.15 Å². The lowest BCUT2D eigenvalue weighted by atomic mass is 10.2. The summed E-state index contributed by atoms with van der Waals surface area (Å²) in [6.07, 6.45) is 3.59. The minimum absolute atomic E-state index is 0.292. The number of ether oxygens (including phenoxy) is 1. The number of hydrogen-bond donors (Lipinski definition) is 0. The highest BCUT2D eigenvalue weighted by Crippen LogP contribution is 2.32. The molecule has 0 aliphatic rings. The Morgan fingerprint density at radius 2 is 1.83 bits per heavy atom. The van der Waals surface area contributed by atoms with E-state index in [4.69, 9.17) is 14.1 Å². The zero-order valence-corrected chi connectivity index (χ0v) is 20.7. The summed E-state index contributed by atoms with van der Waals surface area (Å²) in [6, 6.07) is 26.4. The summed E-state index contributed by atoms with van der Waals surface area (Å²) in [6.45, 7) is 0. The molecule has 6 rings (SSSR count). The molecule has 0 radical (unpaired) electrons. The molecule has 3 aromatic heterocycles. The van der Waals surface area contributed by atoms with Crippen LogP contribution in [0, 0.1) is 0 Å². The maximum atomic E-state index is 13.5. The average Bonchev–Trinajstić information content (AvgIpc) is 3.55. The quantitative estimate of drug-likeness (QED) is 0.243. The van der Waals surface area contributed by atoms with Gasteiger partial charge in [0.05, 0.1) is 35.3 Å². The van der Waals surface area contributed by atoms with Crippen molar-refractivity contribution in [2.75, 3.05) is 7.11 Å². The first-order chi connectivity index (χ1) is 17.6. The van der Waals surface area contributed by atoms with Crippen molar-refractivity contribution in [1.82, 2.24) is 14.2 Å². The molecule has 0 unspecified atom stereocenters. The van der Waals surface area contributed by atoms with Gasteiger partial charge in [0, 0.05) is 16.4 Å². The lowest BCUT2D eigenvalue weighted by molar-refractivity contribution is 0.419.